The van der Waals surface area contributed by atoms with Crippen LogP contribution in [0.3, 0.4) is 0 Å². The molecule has 2 aliphatic rings. The van der Waals surface area contributed by atoms with Gasteiger partial charge in [-0.1, -0.05) is 32.0 Å². The van der Waals surface area contributed by atoms with Gasteiger partial charge in [0.1, 0.15) is 12.4 Å². The van der Waals surface area contributed by atoms with Crippen LogP contribution in [0.5, 0.6) is 5.75 Å². The van der Waals surface area contributed by atoms with E-state index in [2.05, 4.69) is 39.7 Å². The maximum absolute atomic E-state index is 13.1. The SMILES string of the molecule is Cc1cc(COc2ccc(C(=O)N[C@@H]3CN(CC(C)C)C[C@]34NC(=O)NC4=O)cc2)c2ccccc2n1. The summed E-state index contributed by atoms with van der Waals surface area (Å²) >= 11 is 0. The third-order valence-electron chi connectivity index (χ3n) is 6.85. The molecule has 2 saturated heterocycles. The largest absolute Gasteiger partial charge is 0.489 e. The highest BCUT2D eigenvalue weighted by Crippen LogP contribution is 2.27. The molecule has 2 aromatic carbocycles. The number of carbonyl (C=O) groups is 3. The molecule has 192 valence electrons. The van der Waals surface area contributed by atoms with Crippen LogP contribution in [0.1, 0.15) is 35.5 Å². The lowest BCUT2D eigenvalue weighted by atomic mass is 9.93. The van der Waals surface area contributed by atoms with Crippen molar-refractivity contribution in [2.45, 2.75) is 39.0 Å². The number of likely N-dealkylation sites (tertiary alicyclic amines) is 1. The first kappa shape index (κ1) is 24.7. The summed E-state index contributed by atoms with van der Waals surface area (Å²) in [6, 6.07) is 15.8. The Balaban J connectivity index is 1.26. The fourth-order valence-corrected chi connectivity index (χ4v) is 5.25. The summed E-state index contributed by atoms with van der Waals surface area (Å²) in [5.41, 5.74) is 2.17. The van der Waals surface area contributed by atoms with Crippen molar-refractivity contribution in [3.05, 3.63) is 71.4 Å². The van der Waals surface area contributed by atoms with E-state index in [1.165, 1.54) is 0 Å². The van der Waals surface area contributed by atoms with Gasteiger partial charge < -0.3 is 15.4 Å². The van der Waals surface area contributed by atoms with Gasteiger partial charge in [-0.3, -0.25) is 24.8 Å². The number of amides is 4. The van der Waals surface area contributed by atoms with E-state index in [-0.39, 0.29) is 5.91 Å². The van der Waals surface area contributed by atoms with E-state index in [1.807, 2.05) is 37.3 Å². The maximum Gasteiger partial charge on any atom is 0.322 e. The Morgan fingerprint density at radius 3 is 2.65 bits per heavy atom. The molecule has 5 rings (SSSR count). The van der Waals surface area contributed by atoms with Crippen LogP contribution in [0.15, 0.2) is 54.6 Å². The molecule has 4 amide bonds. The summed E-state index contributed by atoms with van der Waals surface area (Å²) in [5.74, 6) is 0.301. The zero-order valence-electron chi connectivity index (χ0n) is 21.2. The minimum atomic E-state index is -1.17. The van der Waals surface area contributed by atoms with Crippen molar-refractivity contribution in [2.24, 2.45) is 5.92 Å². The predicted octanol–water partition coefficient (Wildman–Crippen LogP) is 2.77. The van der Waals surface area contributed by atoms with E-state index >= 15 is 0 Å². The molecule has 0 saturated carbocycles. The predicted molar refractivity (Wildman–Crippen MR) is 139 cm³/mol. The number of rotatable bonds is 7. The van der Waals surface area contributed by atoms with Gasteiger partial charge in [0.05, 0.1) is 11.6 Å². The third kappa shape index (κ3) is 4.99. The van der Waals surface area contributed by atoms with Crippen molar-refractivity contribution in [3.63, 3.8) is 0 Å². The molecule has 2 atom stereocenters. The van der Waals surface area contributed by atoms with Gasteiger partial charge in [-0.25, -0.2) is 4.79 Å². The Bertz CT molecular complexity index is 1360. The van der Waals surface area contributed by atoms with Gasteiger partial charge in [-0.15, -0.1) is 0 Å². The Kier molecular flexibility index (Phi) is 6.55. The summed E-state index contributed by atoms with van der Waals surface area (Å²) < 4.78 is 6.01. The Hall–Kier alpha value is -3.98. The number of imide groups is 1. The lowest BCUT2D eigenvalue weighted by Gasteiger charge is -2.27. The average molecular weight is 502 g/mol. The van der Waals surface area contributed by atoms with Crippen LogP contribution in [-0.4, -0.2) is 58.9 Å². The highest BCUT2D eigenvalue weighted by molar-refractivity contribution is 6.08. The monoisotopic (exact) mass is 501 g/mol. The zero-order chi connectivity index (χ0) is 26.2. The van der Waals surface area contributed by atoms with Crippen molar-refractivity contribution >= 4 is 28.7 Å². The first-order chi connectivity index (χ1) is 17.7. The lowest BCUT2D eigenvalue weighted by molar-refractivity contribution is -0.124. The number of fused-ring (bicyclic) bond motifs is 1. The molecule has 2 aliphatic heterocycles. The number of carbonyl (C=O) groups excluding carboxylic acids is 3. The van der Waals surface area contributed by atoms with Crippen molar-refractivity contribution < 1.29 is 19.1 Å². The van der Waals surface area contributed by atoms with E-state index in [0.29, 0.717) is 36.9 Å². The molecule has 3 heterocycles. The van der Waals surface area contributed by atoms with Crippen molar-refractivity contribution in [1.82, 2.24) is 25.8 Å². The summed E-state index contributed by atoms with van der Waals surface area (Å²) in [7, 11) is 0. The molecule has 0 bridgehead atoms. The fraction of sp³-hybridized carbons (Fsp3) is 0.357. The molecule has 2 fully saturated rings. The Morgan fingerprint density at radius 1 is 1.19 bits per heavy atom. The Labute approximate surface area is 215 Å². The van der Waals surface area contributed by atoms with Gasteiger partial charge in [0, 0.05) is 41.8 Å². The minimum Gasteiger partial charge on any atom is -0.489 e. The topological polar surface area (TPSA) is 113 Å². The van der Waals surface area contributed by atoms with Gasteiger partial charge in [0.15, 0.2) is 5.54 Å². The number of pyridine rings is 1. The molecule has 0 aliphatic carbocycles. The van der Waals surface area contributed by atoms with Crippen LogP contribution in [-0.2, 0) is 11.4 Å². The molecular weight excluding hydrogens is 470 g/mol. The highest BCUT2D eigenvalue weighted by atomic mass is 16.5. The van der Waals surface area contributed by atoms with E-state index in [1.54, 1.807) is 24.3 Å². The summed E-state index contributed by atoms with van der Waals surface area (Å²) in [6.07, 6.45) is 0. The molecule has 37 heavy (non-hydrogen) atoms. The van der Waals surface area contributed by atoms with Gasteiger partial charge in [0.25, 0.3) is 11.8 Å². The second kappa shape index (κ2) is 9.82. The first-order valence-corrected chi connectivity index (χ1v) is 12.5. The molecular formula is C28H31N5O4. The number of ether oxygens (including phenoxy) is 1. The summed E-state index contributed by atoms with van der Waals surface area (Å²) in [6.45, 7) is 8.10. The third-order valence-corrected chi connectivity index (χ3v) is 6.85. The van der Waals surface area contributed by atoms with Crippen LogP contribution in [0.4, 0.5) is 4.79 Å². The number of aromatic nitrogens is 1. The number of urea groups is 1. The number of para-hydroxylation sites is 1. The smallest absolute Gasteiger partial charge is 0.322 e. The zero-order valence-corrected chi connectivity index (χ0v) is 21.2. The van der Waals surface area contributed by atoms with Crippen LogP contribution >= 0.6 is 0 Å². The van der Waals surface area contributed by atoms with E-state index in [4.69, 9.17) is 4.74 Å². The van der Waals surface area contributed by atoms with Crippen molar-refractivity contribution in [2.75, 3.05) is 19.6 Å². The second-order valence-corrected chi connectivity index (χ2v) is 10.2. The molecule has 1 aromatic heterocycles. The second-order valence-electron chi connectivity index (χ2n) is 10.2. The number of nitrogens with one attached hydrogen (secondary N) is 3. The molecule has 0 unspecified atom stereocenters. The quantitative estimate of drug-likeness (QED) is 0.429. The fourth-order valence-electron chi connectivity index (χ4n) is 5.25. The highest BCUT2D eigenvalue weighted by Gasteiger charge is 2.57. The van der Waals surface area contributed by atoms with Gasteiger partial charge in [-0.2, -0.15) is 0 Å². The number of aryl methyl sites for hydroxylation is 1. The molecule has 3 aromatic rings. The number of benzene rings is 2. The summed E-state index contributed by atoms with van der Waals surface area (Å²) in [5, 5.41) is 9.12. The normalized spacial score (nSPS) is 21.5. The van der Waals surface area contributed by atoms with E-state index in [0.717, 1.165) is 28.7 Å². The molecule has 1 spiro atoms. The molecule has 3 N–H and O–H groups in total. The van der Waals surface area contributed by atoms with E-state index in [9.17, 15) is 14.4 Å². The van der Waals surface area contributed by atoms with E-state index < -0.39 is 23.5 Å². The molecule has 9 nitrogen and oxygen atoms in total. The first-order valence-electron chi connectivity index (χ1n) is 12.5. The maximum atomic E-state index is 13.1. The van der Waals surface area contributed by atoms with Crippen LogP contribution in [0, 0.1) is 12.8 Å². The van der Waals surface area contributed by atoms with Crippen LogP contribution < -0.4 is 20.7 Å². The van der Waals surface area contributed by atoms with Crippen LogP contribution in [0.2, 0.25) is 0 Å². The van der Waals surface area contributed by atoms with Gasteiger partial charge in [-0.05, 0) is 49.2 Å². The molecule has 0 radical (unpaired) electrons. The number of hydrogen-bond acceptors (Lipinski definition) is 6. The average Bonchev–Trinajstić information content (AvgIpc) is 3.33. The summed E-state index contributed by atoms with van der Waals surface area (Å²) in [4.78, 5) is 44.4. The van der Waals surface area contributed by atoms with Crippen molar-refractivity contribution in [1.29, 1.82) is 0 Å². The van der Waals surface area contributed by atoms with Gasteiger partial charge in [0.2, 0.25) is 0 Å². The van der Waals surface area contributed by atoms with Crippen molar-refractivity contribution in [3.8, 4) is 5.75 Å². The van der Waals surface area contributed by atoms with Gasteiger partial charge >= 0.3 is 6.03 Å². The standard InChI is InChI=1S/C28H31N5O4/c1-17(2)13-33-14-24(28(16-33)26(35)31-27(36)32-28)30-25(34)19-8-10-21(11-9-19)37-15-20-12-18(3)29-23-7-5-4-6-22(20)23/h4-12,17,24H,13-16H2,1-3H3,(H,30,34)(H2,31,32,35,36)/t24-,28+/m1/s1. The number of hydrogen-bond donors (Lipinski definition) is 3. The molecule has 9 heteroatoms. The van der Waals surface area contributed by atoms with Crippen LogP contribution in [0.25, 0.3) is 10.9 Å². The Morgan fingerprint density at radius 2 is 1.95 bits per heavy atom. The number of nitrogens with zero attached hydrogens (tertiary/aromatic N) is 2. The minimum absolute atomic E-state index is 0.313. The lowest BCUT2D eigenvalue weighted by Crippen LogP contribution is -2.62.